The Morgan fingerprint density at radius 1 is 1.02 bits per heavy atom. The minimum atomic E-state index is -0.688. The van der Waals surface area contributed by atoms with Crippen molar-refractivity contribution >= 4 is 45.3 Å². The molecule has 222 valence electrons. The average Bonchev–Trinajstić information content (AvgIpc) is 3.71. The first-order chi connectivity index (χ1) is 21.2. The van der Waals surface area contributed by atoms with Gasteiger partial charge >= 0.3 is 11.9 Å². The Morgan fingerprint density at radius 3 is 2.55 bits per heavy atom. The highest BCUT2D eigenvalue weighted by Crippen LogP contribution is 2.37. The summed E-state index contributed by atoms with van der Waals surface area (Å²) in [6.45, 7) is 2.58. The van der Waals surface area contributed by atoms with Gasteiger partial charge in [0.15, 0.2) is 12.4 Å². The molecule has 0 unspecified atom stereocenters. The van der Waals surface area contributed by atoms with Gasteiger partial charge in [0.2, 0.25) is 17.1 Å². The van der Waals surface area contributed by atoms with Crippen molar-refractivity contribution in [3.05, 3.63) is 94.2 Å². The van der Waals surface area contributed by atoms with Crippen molar-refractivity contribution < 1.29 is 38.1 Å². The predicted molar refractivity (Wildman–Crippen MR) is 152 cm³/mol. The number of carbonyl (C=O) groups is 4. The fourth-order valence-electron chi connectivity index (χ4n) is 6.11. The molecular weight excluding hydrogens is 570 g/mol. The van der Waals surface area contributed by atoms with Crippen molar-refractivity contribution in [1.82, 2.24) is 19.6 Å². The number of para-hydroxylation sites is 2. The molecule has 0 saturated carbocycles. The lowest BCUT2D eigenvalue weighted by Crippen LogP contribution is -2.33. The van der Waals surface area contributed by atoms with Crippen LogP contribution in [0.1, 0.15) is 64.2 Å². The molecule has 5 aromatic rings. The van der Waals surface area contributed by atoms with Crippen molar-refractivity contribution in [2.24, 2.45) is 0 Å². The first kappa shape index (κ1) is 27.4. The van der Waals surface area contributed by atoms with Gasteiger partial charge in [-0.2, -0.15) is 4.73 Å². The molecule has 3 atom stereocenters. The summed E-state index contributed by atoms with van der Waals surface area (Å²) >= 11 is 0. The number of hydrogen-bond donors (Lipinski definition) is 0. The van der Waals surface area contributed by atoms with Crippen molar-refractivity contribution in [2.75, 3.05) is 6.61 Å². The lowest BCUT2D eigenvalue weighted by molar-refractivity contribution is -0.577. The van der Waals surface area contributed by atoms with Crippen molar-refractivity contribution in [2.45, 2.75) is 45.2 Å². The molecule has 1 saturated heterocycles. The monoisotopic (exact) mass is 595 g/mol. The van der Waals surface area contributed by atoms with Gasteiger partial charge in [-0.25, -0.2) is 4.68 Å². The van der Waals surface area contributed by atoms with E-state index in [4.69, 9.17) is 14.2 Å². The number of carbonyl (C=O) groups excluding carboxylic acids is 4. The topological polar surface area (TPSA) is 159 Å². The summed E-state index contributed by atoms with van der Waals surface area (Å²) in [6.07, 6.45) is 1.09. The van der Waals surface area contributed by atoms with Gasteiger partial charge < -0.3 is 24.0 Å². The summed E-state index contributed by atoms with van der Waals surface area (Å²) < 4.78 is 20.3. The van der Waals surface area contributed by atoms with E-state index in [1.54, 1.807) is 47.2 Å². The molecule has 3 aromatic heterocycles. The predicted octanol–water partition coefficient (Wildman–Crippen LogP) is 2.63. The maximum Gasteiger partial charge on any atom is 0.303 e. The van der Waals surface area contributed by atoms with Crippen molar-refractivity contribution in [3.63, 3.8) is 0 Å². The molecule has 0 radical (unpaired) electrons. The Bertz CT molecular complexity index is 2030. The third-order valence-corrected chi connectivity index (χ3v) is 7.93. The summed E-state index contributed by atoms with van der Waals surface area (Å²) in [7, 11) is 0. The van der Waals surface area contributed by atoms with Crippen LogP contribution in [0.15, 0.2) is 60.9 Å². The molecular formula is C31H25N5O8. The Kier molecular flexibility index (Phi) is 6.47. The van der Waals surface area contributed by atoms with Gasteiger partial charge in [0.05, 0.1) is 34.8 Å². The molecule has 0 spiro atoms. The molecule has 2 aromatic carbocycles. The summed E-state index contributed by atoms with van der Waals surface area (Å²) in [5.74, 6) is -1.75. The second-order valence-electron chi connectivity index (χ2n) is 10.8. The van der Waals surface area contributed by atoms with Gasteiger partial charge in [-0.05, 0) is 12.1 Å². The van der Waals surface area contributed by atoms with E-state index in [1.165, 1.54) is 24.7 Å². The Balaban J connectivity index is 1.26. The SMILES string of the molecule is CC(=O)OC[C@H]1O[C@H](n2cc(Cn3c4c(c5ccccc53)C(=O)c3c[n+]([O-])c5ccccc5c3C4=O)nn2)C[C@@H]1OC(C)=O. The van der Waals surface area contributed by atoms with Gasteiger partial charge in [0, 0.05) is 37.2 Å². The van der Waals surface area contributed by atoms with Gasteiger partial charge in [-0.1, -0.05) is 35.5 Å². The lowest BCUT2D eigenvalue weighted by Gasteiger charge is -2.18. The highest BCUT2D eigenvalue weighted by molar-refractivity contribution is 6.34. The lowest BCUT2D eigenvalue weighted by atomic mass is 9.85. The summed E-state index contributed by atoms with van der Waals surface area (Å²) in [6, 6.07) is 13.9. The smallest absolute Gasteiger partial charge is 0.303 e. The van der Waals surface area contributed by atoms with E-state index in [9.17, 15) is 24.4 Å². The Hall–Kier alpha value is -5.43. The zero-order valence-electron chi connectivity index (χ0n) is 23.6. The normalized spacial score (nSPS) is 19.3. The maximum atomic E-state index is 14.2. The fraction of sp³-hybridized carbons (Fsp3) is 0.258. The molecule has 1 fully saturated rings. The van der Waals surface area contributed by atoms with Crippen LogP contribution in [0, 0.1) is 5.21 Å². The summed E-state index contributed by atoms with van der Waals surface area (Å²) in [4.78, 5) is 51.1. The molecule has 1 aliphatic carbocycles. The Morgan fingerprint density at radius 2 is 1.77 bits per heavy atom. The quantitative estimate of drug-likeness (QED) is 0.159. The molecule has 4 heterocycles. The number of esters is 2. The number of pyridine rings is 1. The number of ketones is 2. The standard InChI is InChI=1S/C31H25N5O8/c1-16(37)42-15-25-24(43-17(2)38)11-26(44-25)35-13-18(32-33-35)12-34-22-9-5-3-7-19(22)28-29(34)31(40)27-20-8-4-6-10-23(20)36(41)14-21(27)30(28)39/h3-10,13-14,24-26H,11-12,15H2,1-2H3/t24-,25+,26-/m0/s1. The van der Waals surface area contributed by atoms with Crippen LogP contribution in [0.5, 0.6) is 0 Å². The number of ether oxygens (including phenoxy) is 3. The van der Waals surface area contributed by atoms with E-state index in [-0.39, 0.29) is 53.3 Å². The number of nitrogens with zero attached hydrogens (tertiary/aromatic N) is 5. The minimum Gasteiger partial charge on any atom is -0.618 e. The van der Waals surface area contributed by atoms with Crippen LogP contribution in [-0.2, 0) is 30.3 Å². The zero-order chi connectivity index (χ0) is 30.7. The summed E-state index contributed by atoms with van der Waals surface area (Å²) in [5, 5.41) is 22.3. The van der Waals surface area contributed by atoms with Crippen LogP contribution < -0.4 is 4.73 Å². The molecule has 13 heteroatoms. The van der Waals surface area contributed by atoms with E-state index in [0.717, 1.165) is 0 Å². The second-order valence-corrected chi connectivity index (χ2v) is 10.8. The van der Waals surface area contributed by atoms with Crippen LogP contribution in [-0.4, -0.2) is 61.9 Å². The Labute approximate surface area is 249 Å². The average molecular weight is 596 g/mol. The highest BCUT2D eigenvalue weighted by Gasteiger charge is 2.41. The molecule has 44 heavy (non-hydrogen) atoms. The number of rotatable bonds is 6. The van der Waals surface area contributed by atoms with E-state index >= 15 is 0 Å². The molecule has 0 amide bonds. The molecule has 0 bridgehead atoms. The zero-order valence-corrected chi connectivity index (χ0v) is 23.6. The molecule has 1 aliphatic heterocycles. The van der Waals surface area contributed by atoms with Crippen molar-refractivity contribution in [1.29, 1.82) is 0 Å². The molecule has 0 N–H and O–H groups in total. The van der Waals surface area contributed by atoms with Gasteiger partial charge in [-0.3, -0.25) is 19.2 Å². The highest BCUT2D eigenvalue weighted by atomic mass is 16.6. The van der Waals surface area contributed by atoms with E-state index in [1.807, 2.05) is 12.1 Å². The first-order valence-corrected chi connectivity index (χ1v) is 13.9. The third-order valence-electron chi connectivity index (χ3n) is 7.93. The van der Waals surface area contributed by atoms with Gasteiger partial charge in [-0.15, -0.1) is 5.10 Å². The van der Waals surface area contributed by atoms with E-state index < -0.39 is 36.2 Å². The van der Waals surface area contributed by atoms with E-state index in [0.29, 0.717) is 26.7 Å². The van der Waals surface area contributed by atoms with Gasteiger partial charge in [0.1, 0.15) is 30.2 Å². The van der Waals surface area contributed by atoms with Gasteiger partial charge in [0.25, 0.3) is 0 Å². The minimum absolute atomic E-state index is 0.0640. The van der Waals surface area contributed by atoms with E-state index in [2.05, 4.69) is 10.3 Å². The van der Waals surface area contributed by atoms with Crippen LogP contribution >= 0.6 is 0 Å². The largest absolute Gasteiger partial charge is 0.618 e. The number of aromatic nitrogens is 5. The fourth-order valence-corrected chi connectivity index (χ4v) is 6.11. The van der Waals surface area contributed by atoms with Crippen LogP contribution in [0.2, 0.25) is 0 Å². The molecule has 13 nitrogen and oxygen atoms in total. The van der Waals surface area contributed by atoms with Crippen molar-refractivity contribution in [3.8, 4) is 0 Å². The molecule has 2 aliphatic rings. The number of fused-ring (bicyclic) bond motifs is 6. The number of hydrogen-bond acceptors (Lipinski definition) is 10. The first-order valence-electron chi connectivity index (χ1n) is 13.9. The maximum absolute atomic E-state index is 14.2. The molecule has 7 rings (SSSR count). The van der Waals surface area contributed by atoms with Crippen LogP contribution in [0.3, 0.4) is 0 Å². The summed E-state index contributed by atoms with van der Waals surface area (Å²) in [5.41, 5.74) is 2.11. The third kappa shape index (κ3) is 4.40. The van der Waals surface area contributed by atoms with Crippen LogP contribution in [0.25, 0.3) is 21.8 Å². The number of benzene rings is 2. The second kappa shape index (κ2) is 10.4. The van der Waals surface area contributed by atoms with Crippen LogP contribution in [0.4, 0.5) is 0 Å².